The molecule has 0 saturated heterocycles. The van der Waals surface area contributed by atoms with Crippen LogP contribution in [0.4, 0.5) is 11.4 Å². The van der Waals surface area contributed by atoms with E-state index in [2.05, 4.69) is 10.2 Å². The second kappa shape index (κ2) is 9.38. The molecule has 2 aromatic rings. The van der Waals surface area contributed by atoms with Crippen LogP contribution in [0.1, 0.15) is 17.5 Å². The van der Waals surface area contributed by atoms with Crippen LogP contribution in [-0.2, 0) is 17.6 Å². The molecule has 1 N–H and O–H groups in total. The predicted octanol–water partition coefficient (Wildman–Crippen LogP) is 3.04. The number of rotatable bonds is 9. The number of carbonyl (C=O) groups excluding carboxylic acids is 1. The molecule has 154 valence electrons. The van der Waals surface area contributed by atoms with E-state index in [0.29, 0.717) is 30.9 Å². The number of carbonyl (C=O) groups is 1. The first-order valence-electron chi connectivity index (χ1n) is 9.52. The molecule has 2 aromatic carbocycles. The zero-order valence-electron chi connectivity index (χ0n) is 16.6. The molecule has 1 aliphatic heterocycles. The predicted molar refractivity (Wildman–Crippen MR) is 110 cm³/mol. The van der Waals surface area contributed by atoms with Crippen LogP contribution in [0.5, 0.6) is 11.5 Å². The van der Waals surface area contributed by atoms with E-state index in [-0.39, 0.29) is 11.6 Å². The molecule has 0 unspecified atom stereocenters. The molecule has 0 fully saturated rings. The monoisotopic (exact) mass is 399 g/mol. The summed E-state index contributed by atoms with van der Waals surface area (Å²) in [6.07, 6.45) is 1.87. The fraction of sp³-hybridized carbons (Fsp3) is 0.381. The summed E-state index contributed by atoms with van der Waals surface area (Å²) in [5, 5.41) is 13.6. The molecule has 3 rings (SSSR count). The third kappa shape index (κ3) is 5.23. The maximum atomic E-state index is 11.7. The maximum absolute atomic E-state index is 11.7. The van der Waals surface area contributed by atoms with Crippen LogP contribution in [0, 0.1) is 10.1 Å². The Hall–Kier alpha value is -3.13. The van der Waals surface area contributed by atoms with Crippen LogP contribution in [0.25, 0.3) is 0 Å². The Morgan fingerprint density at radius 3 is 2.52 bits per heavy atom. The van der Waals surface area contributed by atoms with Gasteiger partial charge in [-0.2, -0.15) is 0 Å². The number of nitrogens with zero attached hydrogens (tertiary/aromatic N) is 2. The fourth-order valence-corrected chi connectivity index (χ4v) is 3.27. The fourth-order valence-electron chi connectivity index (χ4n) is 3.27. The van der Waals surface area contributed by atoms with Crippen LogP contribution in [0.2, 0.25) is 0 Å². The lowest BCUT2D eigenvalue weighted by Gasteiger charge is -2.23. The number of methoxy groups -OCH3 is 1. The van der Waals surface area contributed by atoms with Crippen LogP contribution in [0.15, 0.2) is 36.4 Å². The smallest absolute Gasteiger partial charge is 0.269 e. The third-order valence-corrected chi connectivity index (χ3v) is 4.98. The highest BCUT2D eigenvalue weighted by atomic mass is 16.6. The van der Waals surface area contributed by atoms with Gasteiger partial charge in [-0.1, -0.05) is 12.1 Å². The highest BCUT2D eigenvalue weighted by Crippen LogP contribution is 2.38. The first-order chi connectivity index (χ1) is 14.0. The molecule has 1 amide bonds. The van der Waals surface area contributed by atoms with Gasteiger partial charge in [-0.3, -0.25) is 14.9 Å². The lowest BCUT2D eigenvalue weighted by atomic mass is 10.0. The van der Waals surface area contributed by atoms with Gasteiger partial charge >= 0.3 is 0 Å². The SMILES string of the molecule is COc1ccc(OCCN(C)CCc2ccc([N+](=O)[O-])cc2)c2c1NC(=O)CC2. The minimum absolute atomic E-state index is 0.0149. The topological polar surface area (TPSA) is 93.9 Å². The summed E-state index contributed by atoms with van der Waals surface area (Å²) in [6, 6.07) is 10.3. The Labute approximate surface area is 169 Å². The number of anilines is 1. The molecule has 0 bridgehead atoms. The summed E-state index contributed by atoms with van der Waals surface area (Å²) in [6.45, 7) is 2.07. The van der Waals surface area contributed by atoms with E-state index in [1.54, 1.807) is 25.3 Å². The Bertz CT molecular complexity index is 883. The zero-order chi connectivity index (χ0) is 20.8. The van der Waals surface area contributed by atoms with Crippen molar-refractivity contribution in [2.24, 2.45) is 0 Å². The molecule has 0 aliphatic carbocycles. The van der Waals surface area contributed by atoms with Crippen molar-refractivity contribution < 1.29 is 19.2 Å². The number of amides is 1. The van der Waals surface area contributed by atoms with Crippen molar-refractivity contribution in [2.75, 3.05) is 39.2 Å². The third-order valence-electron chi connectivity index (χ3n) is 4.98. The number of ether oxygens (including phenoxy) is 2. The van der Waals surface area contributed by atoms with Gasteiger partial charge < -0.3 is 19.7 Å². The second-order valence-corrected chi connectivity index (χ2v) is 6.99. The van der Waals surface area contributed by atoms with E-state index in [1.165, 1.54) is 12.1 Å². The first-order valence-corrected chi connectivity index (χ1v) is 9.52. The molecule has 0 radical (unpaired) electrons. The van der Waals surface area contributed by atoms with E-state index in [9.17, 15) is 14.9 Å². The Balaban J connectivity index is 1.50. The molecule has 8 heteroatoms. The number of hydrogen-bond acceptors (Lipinski definition) is 6. The van der Waals surface area contributed by atoms with Crippen LogP contribution in [0.3, 0.4) is 0 Å². The van der Waals surface area contributed by atoms with Crippen molar-refractivity contribution in [1.29, 1.82) is 0 Å². The van der Waals surface area contributed by atoms with Crippen molar-refractivity contribution in [3.63, 3.8) is 0 Å². The van der Waals surface area contributed by atoms with Crippen LogP contribution >= 0.6 is 0 Å². The van der Waals surface area contributed by atoms with Crippen LogP contribution < -0.4 is 14.8 Å². The van der Waals surface area contributed by atoms with Crippen molar-refractivity contribution >= 4 is 17.3 Å². The Morgan fingerprint density at radius 1 is 1.10 bits per heavy atom. The minimum Gasteiger partial charge on any atom is -0.495 e. The Morgan fingerprint density at radius 2 is 1.83 bits per heavy atom. The van der Waals surface area contributed by atoms with Crippen molar-refractivity contribution in [2.45, 2.75) is 19.3 Å². The van der Waals surface area contributed by atoms with Gasteiger partial charge in [-0.05, 0) is 37.6 Å². The molecule has 29 heavy (non-hydrogen) atoms. The number of nitro benzene ring substituents is 1. The molecule has 1 aliphatic rings. The summed E-state index contributed by atoms with van der Waals surface area (Å²) in [5.74, 6) is 1.39. The molecule has 1 heterocycles. The van der Waals surface area contributed by atoms with E-state index in [4.69, 9.17) is 9.47 Å². The largest absolute Gasteiger partial charge is 0.495 e. The standard InChI is InChI=1S/C21H25N3O5/c1-23(12-11-15-3-5-16(6-4-15)24(26)27)13-14-29-18-8-9-19(28-2)21-17(18)7-10-20(25)22-21/h3-6,8-9H,7,10-14H2,1-2H3,(H,22,25). The van der Waals surface area contributed by atoms with Gasteiger partial charge in [0.1, 0.15) is 18.1 Å². The minimum atomic E-state index is -0.392. The van der Waals surface area contributed by atoms with Gasteiger partial charge in [0.05, 0.1) is 17.7 Å². The first kappa shape index (κ1) is 20.6. The van der Waals surface area contributed by atoms with E-state index in [1.807, 2.05) is 13.1 Å². The molecular weight excluding hydrogens is 374 g/mol. The summed E-state index contributed by atoms with van der Waals surface area (Å²) in [7, 11) is 3.59. The number of benzene rings is 2. The van der Waals surface area contributed by atoms with Gasteiger partial charge in [0.25, 0.3) is 5.69 Å². The summed E-state index contributed by atoms with van der Waals surface area (Å²) >= 11 is 0. The number of fused-ring (bicyclic) bond motifs is 1. The molecule has 0 spiro atoms. The lowest BCUT2D eigenvalue weighted by Crippen LogP contribution is -2.27. The number of nitrogens with one attached hydrogen (secondary N) is 1. The quantitative estimate of drug-likeness (QED) is 0.515. The molecule has 8 nitrogen and oxygen atoms in total. The van der Waals surface area contributed by atoms with E-state index in [0.717, 1.165) is 36.4 Å². The molecular formula is C21H25N3O5. The number of nitro groups is 1. The zero-order valence-corrected chi connectivity index (χ0v) is 16.6. The average Bonchev–Trinajstić information content (AvgIpc) is 2.72. The lowest BCUT2D eigenvalue weighted by molar-refractivity contribution is -0.384. The van der Waals surface area contributed by atoms with Crippen molar-refractivity contribution in [3.8, 4) is 11.5 Å². The second-order valence-electron chi connectivity index (χ2n) is 6.99. The summed E-state index contributed by atoms with van der Waals surface area (Å²) < 4.78 is 11.3. The van der Waals surface area contributed by atoms with E-state index < -0.39 is 4.92 Å². The maximum Gasteiger partial charge on any atom is 0.269 e. The summed E-state index contributed by atoms with van der Waals surface area (Å²) in [5.41, 5.74) is 2.84. The summed E-state index contributed by atoms with van der Waals surface area (Å²) in [4.78, 5) is 24.2. The highest BCUT2D eigenvalue weighted by Gasteiger charge is 2.22. The van der Waals surface area contributed by atoms with Crippen molar-refractivity contribution in [3.05, 3.63) is 57.6 Å². The van der Waals surface area contributed by atoms with Gasteiger partial charge in [-0.15, -0.1) is 0 Å². The van der Waals surface area contributed by atoms with Crippen LogP contribution in [-0.4, -0.2) is 49.6 Å². The van der Waals surface area contributed by atoms with E-state index >= 15 is 0 Å². The average molecular weight is 399 g/mol. The number of non-ortho nitro benzene ring substituents is 1. The normalized spacial score (nSPS) is 13.0. The highest BCUT2D eigenvalue weighted by molar-refractivity contribution is 5.96. The van der Waals surface area contributed by atoms with Gasteiger partial charge in [0.2, 0.25) is 5.91 Å². The Kier molecular flexibility index (Phi) is 6.66. The molecule has 0 saturated carbocycles. The number of likely N-dealkylation sites (N-methyl/N-ethyl adjacent to an activating group) is 1. The van der Waals surface area contributed by atoms with Gasteiger partial charge in [-0.25, -0.2) is 0 Å². The van der Waals surface area contributed by atoms with Crippen molar-refractivity contribution in [1.82, 2.24) is 4.90 Å². The number of hydrogen-bond donors (Lipinski definition) is 1. The molecule has 0 aromatic heterocycles. The molecule has 0 atom stereocenters. The van der Waals surface area contributed by atoms with Gasteiger partial charge in [0, 0.05) is 37.2 Å². The van der Waals surface area contributed by atoms with Gasteiger partial charge in [0.15, 0.2) is 0 Å².